The number of carbonyl (C=O) groups is 1. The van der Waals surface area contributed by atoms with E-state index in [1.165, 1.54) is 32.5 Å². The van der Waals surface area contributed by atoms with Crippen molar-refractivity contribution in [2.24, 2.45) is 24.8 Å². The normalized spacial score (nSPS) is 26.3. The number of aryl methyl sites for hydroxylation is 1. The average molecular weight is 304 g/mol. The lowest BCUT2D eigenvalue weighted by atomic mass is 9.92. The Morgan fingerprint density at radius 2 is 1.91 bits per heavy atom. The standard InChI is InChI=1S/C17H28N4O/c1-13(2)8-20-6-4-14-9-21(10-15(14)5-7-20)17(22)16-11-19(3)12-18-16/h11-15H,4-10H2,1-3H3/t14-,15+. The van der Waals surface area contributed by atoms with Crippen molar-refractivity contribution in [1.29, 1.82) is 0 Å². The molecule has 2 saturated heterocycles. The van der Waals surface area contributed by atoms with Crippen LogP contribution in [0.2, 0.25) is 0 Å². The minimum absolute atomic E-state index is 0.104. The summed E-state index contributed by atoms with van der Waals surface area (Å²) in [4.78, 5) is 21.4. The van der Waals surface area contributed by atoms with E-state index in [-0.39, 0.29) is 5.91 Å². The molecule has 1 aromatic rings. The molecule has 3 heterocycles. The second-order valence-electron chi connectivity index (χ2n) is 7.43. The third-order valence-corrected chi connectivity index (χ3v) is 5.04. The van der Waals surface area contributed by atoms with Gasteiger partial charge in [0, 0.05) is 32.9 Å². The fourth-order valence-electron chi connectivity index (χ4n) is 3.95. The molecule has 122 valence electrons. The van der Waals surface area contributed by atoms with Crippen LogP contribution in [0.25, 0.3) is 0 Å². The fourth-order valence-corrected chi connectivity index (χ4v) is 3.95. The van der Waals surface area contributed by atoms with Gasteiger partial charge in [0.15, 0.2) is 0 Å². The summed E-state index contributed by atoms with van der Waals surface area (Å²) in [5.74, 6) is 2.18. The van der Waals surface area contributed by atoms with Crippen LogP contribution in [0.3, 0.4) is 0 Å². The number of hydrogen-bond acceptors (Lipinski definition) is 3. The Kier molecular flexibility index (Phi) is 4.52. The van der Waals surface area contributed by atoms with Crippen LogP contribution in [0.4, 0.5) is 0 Å². The first-order valence-corrected chi connectivity index (χ1v) is 8.52. The SMILES string of the molecule is CC(C)CN1CC[C@@H]2CN(C(=O)c3cn(C)cn3)C[C@@H]2CC1. The van der Waals surface area contributed by atoms with E-state index in [0.717, 1.165) is 19.0 Å². The lowest BCUT2D eigenvalue weighted by molar-refractivity contribution is 0.0774. The van der Waals surface area contributed by atoms with Gasteiger partial charge in [-0.25, -0.2) is 4.98 Å². The van der Waals surface area contributed by atoms with Crippen molar-refractivity contribution in [3.05, 3.63) is 18.2 Å². The lowest BCUT2D eigenvalue weighted by Crippen LogP contribution is -2.32. The summed E-state index contributed by atoms with van der Waals surface area (Å²) < 4.78 is 1.84. The summed E-state index contributed by atoms with van der Waals surface area (Å²) in [6, 6.07) is 0. The van der Waals surface area contributed by atoms with Gasteiger partial charge in [-0.3, -0.25) is 4.79 Å². The van der Waals surface area contributed by atoms with Crippen molar-refractivity contribution < 1.29 is 4.79 Å². The zero-order valence-corrected chi connectivity index (χ0v) is 14.0. The van der Waals surface area contributed by atoms with Crippen LogP contribution in [0.15, 0.2) is 12.5 Å². The summed E-state index contributed by atoms with van der Waals surface area (Å²) in [5.41, 5.74) is 0.584. The van der Waals surface area contributed by atoms with E-state index in [0.29, 0.717) is 17.5 Å². The highest BCUT2D eigenvalue weighted by Gasteiger charge is 2.37. The minimum atomic E-state index is 0.104. The van der Waals surface area contributed by atoms with Crippen LogP contribution < -0.4 is 0 Å². The molecule has 1 aromatic heterocycles. The topological polar surface area (TPSA) is 41.4 Å². The highest BCUT2D eigenvalue weighted by molar-refractivity contribution is 5.92. The molecule has 0 bridgehead atoms. The Morgan fingerprint density at radius 1 is 1.27 bits per heavy atom. The van der Waals surface area contributed by atoms with Crippen LogP contribution >= 0.6 is 0 Å². The molecule has 3 rings (SSSR count). The van der Waals surface area contributed by atoms with E-state index in [1.54, 1.807) is 6.33 Å². The van der Waals surface area contributed by atoms with Crippen molar-refractivity contribution in [3.63, 3.8) is 0 Å². The highest BCUT2D eigenvalue weighted by atomic mass is 16.2. The Hall–Kier alpha value is -1.36. The number of nitrogens with zero attached hydrogens (tertiary/aromatic N) is 4. The molecule has 0 N–H and O–H groups in total. The zero-order valence-electron chi connectivity index (χ0n) is 14.0. The molecule has 0 aromatic carbocycles. The third kappa shape index (κ3) is 3.35. The number of fused-ring (bicyclic) bond motifs is 1. The maximum atomic E-state index is 12.5. The Labute approximate surface area is 133 Å². The van der Waals surface area contributed by atoms with Crippen molar-refractivity contribution in [2.45, 2.75) is 26.7 Å². The number of rotatable bonds is 3. The molecule has 5 nitrogen and oxygen atoms in total. The molecule has 5 heteroatoms. The second-order valence-corrected chi connectivity index (χ2v) is 7.43. The maximum Gasteiger partial charge on any atom is 0.274 e. The van der Waals surface area contributed by atoms with Crippen molar-refractivity contribution in [1.82, 2.24) is 19.4 Å². The molecule has 2 atom stereocenters. The predicted octanol–water partition coefficient (Wildman–Crippen LogP) is 1.86. The van der Waals surface area contributed by atoms with Crippen molar-refractivity contribution in [3.8, 4) is 0 Å². The number of likely N-dealkylation sites (tertiary alicyclic amines) is 2. The lowest BCUT2D eigenvalue weighted by Gasteiger charge is -2.23. The average Bonchev–Trinajstić information content (AvgIpc) is 3.03. The quantitative estimate of drug-likeness (QED) is 0.856. The second kappa shape index (κ2) is 6.41. The summed E-state index contributed by atoms with van der Waals surface area (Å²) >= 11 is 0. The van der Waals surface area contributed by atoms with Gasteiger partial charge in [0.1, 0.15) is 5.69 Å². The van der Waals surface area contributed by atoms with Gasteiger partial charge < -0.3 is 14.4 Å². The summed E-state index contributed by atoms with van der Waals surface area (Å²) in [5, 5.41) is 0. The van der Waals surface area contributed by atoms with Gasteiger partial charge in [-0.2, -0.15) is 0 Å². The highest BCUT2D eigenvalue weighted by Crippen LogP contribution is 2.32. The van der Waals surface area contributed by atoms with Gasteiger partial charge in [-0.1, -0.05) is 13.8 Å². The van der Waals surface area contributed by atoms with Crippen LogP contribution in [-0.4, -0.2) is 58.0 Å². The number of amides is 1. The van der Waals surface area contributed by atoms with Gasteiger partial charge in [-0.15, -0.1) is 0 Å². The molecular formula is C17H28N4O. The van der Waals surface area contributed by atoms with Crippen LogP contribution in [0, 0.1) is 17.8 Å². The number of hydrogen-bond donors (Lipinski definition) is 0. The first kappa shape index (κ1) is 15.5. The van der Waals surface area contributed by atoms with Gasteiger partial charge >= 0.3 is 0 Å². The number of imidazole rings is 1. The maximum absolute atomic E-state index is 12.5. The van der Waals surface area contributed by atoms with Gasteiger partial charge in [-0.05, 0) is 43.7 Å². The number of carbonyl (C=O) groups excluding carboxylic acids is 1. The molecule has 0 saturated carbocycles. The summed E-state index contributed by atoms with van der Waals surface area (Å²) in [6.45, 7) is 9.98. The molecule has 22 heavy (non-hydrogen) atoms. The summed E-state index contributed by atoms with van der Waals surface area (Å²) in [7, 11) is 1.90. The van der Waals surface area contributed by atoms with Crippen molar-refractivity contribution in [2.75, 3.05) is 32.7 Å². The van der Waals surface area contributed by atoms with Gasteiger partial charge in [0.25, 0.3) is 5.91 Å². The third-order valence-electron chi connectivity index (χ3n) is 5.04. The molecule has 2 fully saturated rings. The Balaban J connectivity index is 1.58. The van der Waals surface area contributed by atoms with Crippen LogP contribution in [0.1, 0.15) is 37.2 Å². The Bertz CT molecular complexity index is 508. The van der Waals surface area contributed by atoms with E-state index in [1.807, 2.05) is 22.7 Å². The van der Waals surface area contributed by atoms with Crippen LogP contribution in [0.5, 0.6) is 0 Å². The molecule has 2 aliphatic rings. The van der Waals surface area contributed by atoms with E-state index >= 15 is 0 Å². The zero-order chi connectivity index (χ0) is 15.7. The first-order valence-electron chi connectivity index (χ1n) is 8.52. The summed E-state index contributed by atoms with van der Waals surface area (Å²) in [6.07, 6.45) is 5.97. The molecule has 2 aliphatic heterocycles. The van der Waals surface area contributed by atoms with Gasteiger partial charge in [0.05, 0.1) is 6.33 Å². The Morgan fingerprint density at radius 3 is 2.41 bits per heavy atom. The largest absolute Gasteiger partial charge is 0.340 e. The fraction of sp³-hybridized carbons (Fsp3) is 0.765. The van der Waals surface area contributed by atoms with E-state index < -0.39 is 0 Å². The van der Waals surface area contributed by atoms with Crippen LogP contribution in [-0.2, 0) is 7.05 Å². The van der Waals surface area contributed by atoms with E-state index in [9.17, 15) is 4.79 Å². The van der Waals surface area contributed by atoms with Gasteiger partial charge in [0.2, 0.25) is 0 Å². The molecule has 0 spiro atoms. The van der Waals surface area contributed by atoms with E-state index in [4.69, 9.17) is 0 Å². The number of aromatic nitrogens is 2. The molecule has 1 amide bonds. The molecule has 0 unspecified atom stereocenters. The smallest absolute Gasteiger partial charge is 0.274 e. The minimum Gasteiger partial charge on any atom is -0.340 e. The van der Waals surface area contributed by atoms with Crippen molar-refractivity contribution >= 4 is 5.91 Å². The first-order chi connectivity index (χ1) is 10.5. The predicted molar refractivity (Wildman–Crippen MR) is 86.6 cm³/mol. The molecular weight excluding hydrogens is 276 g/mol. The van der Waals surface area contributed by atoms with E-state index in [2.05, 4.69) is 23.7 Å². The molecule has 0 aliphatic carbocycles. The monoisotopic (exact) mass is 304 g/mol. The molecule has 0 radical (unpaired) electrons.